The second-order valence-corrected chi connectivity index (χ2v) is 7.64. The first kappa shape index (κ1) is 17.4. The number of nitrogens with two attached hydrogens (primary N) is 1. The molecule has 3 nitrogen and oxygen atoms in total. The molecule has 0 fully saturated rings. The van der Waals surface area contributed by atoms with Crippen molar-refractivity contribution in [1.29, 1.82) is 0 Å². The van der Waals surface area contributed by atoms with Gasteiger partial charge in [0, 0.05) is 37.2 Å². The van der Waals surface area contributed by atoms with Gasteiger partial charge in [0.25, 0.3) is 5.91 Å². The zero-order valence-corrected chi connectivity index (χ0v) is 14.1. The van der Waals surface area contributed by atoms with Crippen LogP contribution in [-0.4, -0.2) is 42.4 Å². The number of rotatable bonds is 8. The summed E-state index contributed by atoms with van der Waals surface area (Å²) in [6.07, 6.45) is 0. The Hall–Kier alpha value is -0.650. The van der Waals surface area contributed by atoms with E-state index >= 15 is 0 Å². The van der Waals surface area contributed by atoms with E-state index in [0.717, 1.165) is 23.6 Å². The second-order valence-electron chi connectivity index (χ2n) is 4.94. The maximum atomic E-state index is 12.2. The van der Waals surface area contributed by atoms with Gasteiger partial charge in [-0.2, -0.15) is 0 Å². The van der Waals surface area contributed by atoms with Crippen molar-refractivity contribution in [2.45, 2.75) is 19.8 Å². The molecule has 0 spiro atoms. The van der Waals surface area contributed by atoms with Gasteiger partial charge in [-0.25, -0.2) is 0 Å². The average molecular weight is 313 g/mol. The van der Waals surface area contributed by atoms with Crippen LogP contribution >= 0.6 is 21.6 Å². The lowest BCUT2D eigenvalue weighted by Gasteiger charge is -2.17. The third kappa shape index (κ3) is 5.77. The van der Waals surface area contributed by atoms with Crippen molar-refractivity contribution in [2.24, 2.45) is 5.73 Å². The summed E-state index contributed by atoms with van der Waals surface area (Å²) < 4.78 is 0. The Bertz CT molecular complexity index is 407. The molecule has 0 atom stereocenters. The Morgan fingerprint density at radius 3 is 2.35 bits per heavy atom. The summed E-state index contributed by atoms with van der Waals surface area (Å²) >= 11 is 0. The lowest BCUT2D eigenvalue weighted by molar-refractivity contribution is 0.0804. The molecule has 0 saturated heterocycles. The molecule has 2 N–H and O–H groups in total. The summed E-state index contributed by atoms with van der Waals surface area (Å²) in [7, 11) is 5.38. The molecule has 20 heavy (non-hydrogen) atoms. The molecule has 0 radical (unpaired) electrons. The van der Waals surface area contributed by atoms with E-state index < -0.39 is 0 Å². The van der Waals surface area contributed by atoms with Crippen molar-refractivity contribution in [3.05, 3.63) is 35.4 Å². The summed E-state index contributed by atoms with van der Waals surface area (Å²) in [5.74, 6) is 2.47. The summed E-state index contributed by atoms with van der Waals surface area (Å²) in [6.45, 7) is 5.76. The molecule has 0 aliphatic rings. The fourth-order valence-corrected chi connectivity index (χ4v) is 3.57. The van der Waals surface area contributed by atoms with E-state index in [1.165, 1.54) is 5.56 Å². The van der Waals surface area contributed by atoms with E-state index in [2.05, 4.69) is 13.8 Å². The highest BCUT2D eigenvalue weighted by atomic mass is 33.1. The molecule has 0 bridgehead atoms. The van der Waals surface area contributed by atoms with Crippen LogP contribution in [0.5, 0.6) is 0 Å². The molecule has 0 heterocycles. The highest BCUT2D eigenvalue weighted by molar-refractivity contribution is 8.76. The first-order valence-corrected chi connectivity index (χ1v) is 9.35. The maximum Gasteiger partial charge on any atom is 0.253 e. The monoisotopic (exact) mass is 312 g/mol. The van der Waals surface area contributed by atoms with E-state index in [0.29, 0.717) is 12.5 Å². The van der Waals surface area contributed by atoms with Crippen molar-refractivity contribution in [2.75, 3.05) is 31.6 Å². The summed E-state index contributed by atoms with van der Waals surface area (Å²) in [5.41, 5.74) is 7.45. The van der Waals surface area contributed by atoms with Crippen LogP contribution < -0.4 is 5.73 Å². The standard InChI is InChI=1S/C15H24N2OS2/c1-12(2)13-4-6-14(7-5-13)15(18)17(3)9-11-20-19-10-8-16/h4-7,12H,8-11,16H2,1-3H3. The molecule has 1 amide bonds. The zero-order chi connectivity index (χ0) is 15.0. The van der Waals surface area contributed by atoms with Crippen LogP contribution in [0.4, 0.5) is 0 Å². The molecule has 5 heteroatoms. The predicted molar refractivity (Wildman–Crippen MR) is 91.5 cm³/mol. The fourth-order valence-electron chi connectivity index (χ4n) is 1.67. The maximum absolute atomic E-state index is 12.2. The van der Waals surface area contributed by atoms with E-state index in [1.807, 2.05) is 31.3 Å². The van der Waals surface area contributed by atoms with Gasteiger partial charge >= 0.3 is 0 Å². The number of hydrogen-bond donors (Lipinski definition) is 1. The van der Waals surface area contributed by atoms with Gasteiger partial charge in [-0.3, -0.25) is 4.79 Å². The summed E-state index contributed by atoms with van der Waals surface area (Å²) in [4.78, 5) is 14.0. The van der Waals surface area contributed by atoms with E-state index in [-0.39, 0.29) is 5.91 Å². The van der Waals surface area contributed by atoms with Crippen LogP contribution in [0.3, 0.4) is 0 Å². The Labute approximate surface area is 130 Å². The molecule has 0 saturated carbocycles. The van der Waals surface area contributed by atoms with Crippen LogP contribution in [0, 0.1) is 0 Å². The van der Waals surface area contributed by atoms with Crippen molar-refractivity contribution < 1.29 is 4.79 Å². The Kier molecular flexibility index (Phi) is 8.11. The molecular formula is C15H24N2OS2. The number of carbonyl (C=O) groups is 1. The third-order valence-corrected chi connectivity index (χ3v) is 5.38. The van der Waals surface area contributed by atoms with Gasteiger partial charge in [-0.05, 0) is 23.6 Å². The van der Waals surface area contributed by atoms with Crippen LogP contribution in [0.2, 0.25) is 0 Å². The largest absolute Gasteiger partial charge is 0.341 e. The minimum absolute atomic E-state index is 0.0877. The van der Waals surface area contributed by atoms with Gasteiger partial charge in [0.1, 0.15) is 0 Å². The van der Waals surface area contributed by atoms with Crippen molar-refractivity contribution in [3.8, 4) is 0 Å². The quantitative estimate of drug-likeness (QED) is 0.591. The van der Waals surface area contributed by atoms with Gasteiger partial charge in [0.15, 0.2) is 0 Å². The molecule has 0 aliphatic carbocycles. The zero-order valence-electron chi connectivity index (χ0n) is 12.5. The molecule has 1 aromatic carbocycles. The second kappa shape index (κ2) is 9.32. The van der Waals surface area contributed by atoms with E-state index in [9.17, 15) is 4.79 Å². The van der Waals surface area contributed by atoms with Crippen LogP contribution in [0.15, 0.2) is 24.3 Å². The first-order chi connectivity index (χ1) is 9.56. The average Bonchev–Trinajstić information content (AvgIpc) is 2.46. The van der Waals surface area contributed by atoms with Crippen molar-refractivity contribution in [1.82, 2.24) is 4.90 Å². The van der Waals surface area contributed by atoms with Crippen LogP contribution in [0.1, 0.15) is 35.7 Å². The molecule has 1 rings (SSSR count). The smallest absolute Gasteiger partial charge is 0.253 e. The normalized spacial score (nSPS) is 10.8. The van der Waals surface area contributed by atoms with E-state index in [1.54, 1.807) is 26.5 Å². The van der Waals surface area contributed by atoms with Gasteiger partial charge in [0.05, 0.1) is 0 Å². The number of benzene rings is 1. The Balaban J connectivity index is 2.43. The van der Waals surface area contributed by atoms with Crippen molar-refractivity contribution >= 4 is 27.5 Å². The number of carbonyl (C=O) groups excluding carboxylic acids is 1. The molecule has 112 valence electrons. The Morgan fingerprint density at radius 1 is 1.20 bits per heavy atom. The molecular weight excluding hydrogens is 288 g/mol. The highest BCUT2D eigenvalue weighted by Gasteiger charge is 2.11. The van der Waals surface area contributed by atoms with E-state index in [4.69, 9.17) is 5.73 Å². The topological polar surface area (TPSA) is 46.3 Å². The lowest BCUT2D eigenvalue weighted by Crippen LogP contribution is -2.28. The number of nitrogens with zero attached hydrogens (tertiary/aromatic N) is 1. The highest BCUT2D eigenvalue weighted by Crippen LogP contribution is 2.20. The minimum atomic E-state index is 0.0877. The predicted octanol–water partition coefficient (Wildman–Crippen LogP) is 3.22. The molecule has 0 aliphatic heterocycles. The lowest BCUT2D eigenvalue weighted by atomic mass is 10.0. The van der Waals surface area contributed by atoms with Gasteiger partial charge in [-0.1, -0.05) is 47.6 Å². The minimum Gasteiger partial charge on any atom is -0.341 e. The van der Waals surface area contributed by atoms with Gasteiger partial charge in [0.2, 0.25) is 0 Å². The SMILES string of the molecule is CC(C)c1ccc(C(=O)N(C)CCSSCCN)cc1. The summed E-state index contributed by atoms with van der Waals surface area (Å²) in [6, 6.07) is 7.92. The van der Waals surface area contributed by atoms with Gasteiger partial charge < -0.3 is 10.6 Å². The van der Waals surface area contributed by atoms with Crippen molar-refractivity contribution in [3.63, 3.8) is 0 Å². The number of amides is 1. The molecule has 0 unspecified atom stereocenters. The van der Waals surface area contributed by atoms with Crippen LogP contribution in [0.25, 0.3) is 0 Å². The molecule has 0 aromatic heterocycles. The fraction of sp³-hybridized carbons (Fsp3) is 0.533. The van der Waals surface area contributed by atoms with Gasteiger partial charge in [-0.15, -0.1) is 0 Å². The first-order valence-electron chi connectivity index (χ1n) is 6.86. The van der Waals surface area contributed by atoms with Crippen LogP contribution in [-0.2, 0) is 0 Å². The third-order valence-electron chi connectivity index (χ3n) is 2.97. The number of hydrogen-bond acceptors (Lipinski definition) is 4. The molecule has 1 aromatic rings. The summed E-state index contributed by atoms with van der Waals surface area (Å²) in [5, 5.41) is 0. The Morgan fingerprint density at radius 2 is 1.80 bits per heavy atom.